The molecule has 1 saturated heterocycles. The van der Waals surface area contributed by atoms with Gasteiger partial charge in [0, 0.05) is 12.2 Å². The number of esters is 1. The van der Waals surface area contributed by atoms with Gasteiger partial charge in [0.15, 0.2) is 5.17 Å². The minimum absolute atomic E-state index is 0.0523. The Morgan fingerprint density at radius 2 is 1.91 bits per heavy atom. The molecule has 0 saturated carbocycles. The number of hydrogen-bond acceptors (Lipinski definition) is 6. The molecule has 0 aromatic heterocycles. The highest BCUT2D eigenvalue weighted by Crippen LogP contribution is 2.41. The molecule has 6 nitrogen and oxygen atoms in total. The van der Waals surface area contributed by atoms with E-state index in [2.05, 4.69) is 4.99 Å². The van der Waals surface area contributed by atoms with Gasteiger partial charge in [0.25, 0.3) is 0 Å². The van der Waals surface area contributed by atoms with E-state index >= 15 is 0 Å². The molecule has 1 fully saturated rings. The summed E-state index contributed by atoms with van der Waals surface area (Å²) in [6.45, 7) is 6.07. The van der Waals surface area contributed by atoms with Crippen molar-refractivity contribution >= 4 is 28.8 Å². The van der Waals surface area contributed by atoms with E-state index in [1.54, 1.807) is 11.8 Å². The third kappa shape index (κ3) is 4.72. The summed E-state index contributed by atoms with van der Waals surface area (Å²) in [7, 11) is 0. The summed E-state index contributed by atoms with van der Waals surface area (Å²) in [5, 5.41) is 0.624. The molecule has 0 bridgehead atoms. The van der Waals surface area contributed by atoms with E-state index in [1.807, 2.05) is 68.4 Å². The third-order valence-electron chi connectivity index (χ3n) is 5.13. The van der Waals surface area contributed by atoms with E-state index < -0.39 is 12.0 Å². The smallest absolute Gasteiger partial charge is 0.338 e. The minimum atomic E-state index is -0.609. The SMILES string of the molecule is CC1=C(C(=O)OCC(C)C)[C@H](c2cccc(Oc3ccccc3)c2)N2C(=O)CCSC2=N1. The van der Waals surface area contributed by atoms with Crippen molar-refractivity contribution in [3.05, 3.63) is 71.4 Å². The van der Waals surface area contributed by atoms with Gasteiger partial charge < -0.3 is 9.47 Å². The number of carbonyl (C=O) groups is 2. The first-order chi connectivity index (χ1) is 15.4. The molecule has 32 heavy (non-hydrogen) atoms. The predicted molar refractivity (Wildman–Crippen MR) is 126 cm³/mol. The van der Waals surface area contributed by atoms with E-state index in [0.717, 1.165) is 5.56 Å². The van der Waals surface area contributed by atoms with Crippen LogP contribution in [0.1, 0.15) is 38.8 Å². The Morgan fingerprint density at radius 1 is 1.16 bits per heavy atom. The molecule has 7 heteroatoms. The van der Waals surface area contributed by atoms with Crippen molar-refractivity contribution in [3.8, 4) is 11.5 Å². The molecule has 166 valence electrons. The first-order valence-corrected chi connectivity index (χ1v) is 11.7. The number of para-hydroxylation sites is 1. The molecular weight excluding hydrogens is 424 g/mol. The van der Waals surface area contributed by atoms with Crippen molar-refractivity contribution in [2.45, 2.75) is 33.2 Å². The second kappa shape index (κ2) is 9.61. The number of thioether (sulfide) groups is 1. The Kier molecular flexibility index (Phi) is 6.65. The zero-order valence-electron chi connectivity index (χ0n) is 18.4. The normalized spacial score (nSPS) is 18.4. The van der Waals surface area contributed by atoms with E-state index in [-0.39, 0.29) is 11.8 Å². The molecule has 0 aliphatic carbocycles. The zero-order chi connectivity index (χ0) is 22.7. The number of allylic oxidation sites excluding steroid dienone is 1. The number of fused-ring (bicyclic) bond motifs is 1. The number of amidine groups is 1. The van der Waals surface area contributed by atoms with Gasteiger partial charge in [0.2, 0.25) is 5.91 Å². The molecule has 0 radical (unpaired) electrons. The van der Waals surface area contributed by atoms with Crippen LogP contribution in [0.3, 0.4) is 0 Å². The second-order valence-corrected chi connectivity index (χ2v) is 9.20. The monoisotopic (exact) mass is 450 g/mol. The van der Waals surface area contributed by atoms with Gasteiger partial charge in [-0.3, -0.25) is 9.69 Å². The van der Waals surface area contributed by atoms with Crippen molar-refractivity contribution in [2.75, 3.05) is 12.4 Å². The molecule has 1 amide bonds. The maximum absolute atomic E-state index is 13.1. The minimum Gasteiger partial charge on any atom is -0.462 e. The molecule has 2 aliphatic heterocycles. The molecule has 0 unspecified atom stereocenters. The number of carbonyl (C=O) groups excluding carboxylic acids is 2. The summed E-state index contributed by atoms with van der Waals surface area (Å²) in [5.74, 6) is 1.73. The summed E-state index contributed by atoms with van der Waals surface area (Å²) in [4.78, 5) is 32.3. The second-order valence-electron chi connectivity index (χ2n) is 8.14. The number of nitrogens with zero attached hydrogens (tertiary/aromatic N) is 2. The lowest BCUT2D eigenvalue weighted by Gasteiger charge is -2.39. The highest BCUT2D eigenvalue weighted by atomic mass is 32.2. The van der Waals surface area contributed by atoms with Crippen molar-refractivity contribution in [1.82, 2.24) is 4.90 Å². The van der Waals surface area contributed by atoms with E-state index in [4.69, 9.17) is 9.47 Å². The van der Waals surface area contributed by atoms with Gasteiger partial charge in [-0.05, 0) is 42.7 Å². The summed E-state index contributed by atoms with van der Waals surface area (Å²) in [6, 6.07) is 16.4. The lowest BCUT2D eigenvalue weighted by molar-refractivity contribution is -0.141. The van der Waals surface area contributed by atoms with Gasteiger partial charge in [-0.25, -0.2) is 9.79 Å². The molecule has 2 aliphatic rings. The number of hydrogen-bond donors (Lipinski definition) is 0. The predicted octanol–water partition coefficient (Wildman–Crippen LogP) is 5.33. The molecule has 0 N–H and O–H groups in total. The molecule has 2 aromatic rings. The number of benzene rings is 2. The average Bonchev–Trinajstić information content (AvgIpc) is 2.77. The first kappa shape index (κ1) is 22.1. The lowest BCUT2D eigenvalue weighted by atomic mass is 9.94. The molecule has 4 rings (SSSR count). The Morgan fingerprint density at radius 3 is 2.66 bits per heavy atom. The Hall–Kier alpha value is -3.06. The third-order valence-corrected chi connectivity index (χ3v) is 6.08. The highest BCUT2D eigenvalue weighted by molar-refractivity contribution is 8.14. The number of rotatable bonds is 6. The van der Waals surface area contributed by atoms with Crippen LogP contribution in [0.5, 0.6) is 11.5 Å². The topological polar surface area (TPSA) is 68.2 Å². The maximum Gasteiger partial charge on any atom is 0.338 e. The summed E-state index contributed by atoms with van der Waals surface area (Å²) in [6.07, 6.45) is 0.397. The van der Waals surface area contributed by atoms with Crippen LogP contribution < -0.4 is 4.74 Å². The van der Waals surface area contributed by atoms with Crippen molar-refractivity contribution in [1.29, 1.82) is 0 Å². The highest BCUT2D eigenvalue weighted by Gasteiger charge is 2.41. The standard InChI is InChI=1S/C25H26N2O4S/c1-16(2)15-30-24(29)22-17(3)26-25-27(21(28)12-13-32-25)23(22)18-8-7-11-20(14-18)31-19-9-5-4-6-10-19/h4-11,14,16,23H,12-13,15H2,1-3H3/t23-/m0/s1. The average molecular weight is 451 g/mol. The van der Waals surface area contributed by atoms with Crippen LogP contribution in [0, 0.1) is 5.92 Å². The van der Waals surface area contributed by atoms with Crippen LogP contribution in [0.2, 0.25) is 0 Å². The van der Waals surface area contributed by atoms with Crippen LogP contribution in [-0.2, 0) is 14.3 Å². The fourth-order valence-corrected chi connectivity index (χ4v) is 4.67. The van der Waals surface area contributed by atoms with E-state index in [1.165, 1.54) is 11.8 Å². The number of amides is 1. The maximum atomic E-state index is 13.1. The first-order valence-electron chi connectivity index (χ1n) is 10.7. The zero-order valence-corrected chi connectivity index (χ0v) is 19.2. The molecule has 2 aromatic carbocycles. The van der Waals surface area contributed by atoms with Gasteiger partial charge in [0.05, 0.1) is 23.9 Å². The number of aliphatic imine (C=N–C) groups is 1. The largest absolute Gasteiger partial charge is 0.462 e. The van der Waals surface area contributed by atoms with Crippen molar-refractivity contribution < 1.29 is 19.1 Å². The van der Waals surface area contributed by atoms with Crippen LogP contribution in [0.4, 0.5) is 0 Å². The Labute approximate surface area is 192 Å². The molecule has 1 atom stereocenters. The van der Waals surface area contributed by atoms with Gasteiger partial charge >= 0.3 is 5.97 Å². The van der Waals surface area contributed by atoms with Crippen LogP contribution in [0.25, 0.3) is 0 Å². The van der Waals surface area contributed by atoms with E-state index in [0.29, 0.717) is 46.7 Å². The fourth-order valence-electron chi connectivity index (χ4n) is 3.67. The fraction of sp³-hybridized carbons (Fsp3) is 0.320. The molecular formula is C25H26N2O4S. The van der Waals surface area contributed by atoms with Crippen LogP contribution >= 0.6 is 11.8 Å². The quantitative estimate of drug-likeness (QED) is 0.557. The summed E-state index contributed by atoms with van der Waals surface area (Å²) in [5.41, 5.74) is 1.74. The Bertz CT molecular complexity index is 1080. The van der Waals surface area contributed by atoms with Crippen molar-refractivity contribution in [3.63, 3.8) is 0 Å². The van der Waals surface area contributed by atoms with Gasteiger partial charge in [-0.1, -0.05) is 55.9 Å². The van der Waals surface area contributed by atoms with Gasteiger partial charge in [0.1, 0.15) is 11.5 Å². The van der Waals surface area contributed by atoms with Crippen LogP contribution in [-0.4, -0.2) is 34.3 Å². The Balaban J connectivity index is 1.74. The lowest BCUT2D eigenvalue weighted by Crippen LogP contribution is -2.45. The van der Waals surface area contributed by atoms with Gasteiger partial charge in [-0.15, -0.1) is 0 Å². The molecule has 0 spiro atoms. The van der Waals surface area contributed by atoms with Crippen LogP contribution in [0.15, 0.2) is 70.9 Å². The number of ether oxygens (including phenoxy) is 2. The van der Waals surface area contributed by atoms with Gasteiger partial charge in [-0.2, -0.15) is 0 Å². The summed E-state index contributed by atoms with van der Waals surface area (Å²) >= 11 is 1.53. The van der Waals surface area contributed by atoms with Crippen molar-refractivity contribution in [2.24, 2.45) is 10.9 Å². The summed E-state index contributed by atoms with van der Waals surface area (Å²) < 4.78 is 11.6. The van der Waals surface area contributed by atoms with E-state index in [9.17, 15) is 9.59 Å². The molecule has 2 heterocycles.